The van der Waals surface area contributed by atoms with E-state index in [2.05, 4.69) is 15.5 Å². The van der Waals surface area contributed by atoms with Gasteiger partial charge in [0.25, 0.3) is 11.8 Å². The number of rotatable bonds is 7. The second-order valence-corrected chi connectivity index (χ2v) is 6.86. The van der Waals surface area contributed by atoms with Crippen LogP contribution in [0.5, 0.6) is 5.75 Å². The van der Waals surface area contributed by atoms with Crippen LogP contribution in [0.3, 0.4) is 0 Å². The number of oxime groups is 1. The van der Waals surface area contributed by atoms with Crippen LogP contribution in [0.1, 0.15) is 46.2 Å². The van der Waals surface area contributed by atoms with Crippen LogP contribution in [0, 0.1) is 12.7 Å². The van der Waals surface area contributed by atoms with Gasteiger partial charge in [-0.1, -0.05) is 18.1 Å². The van der Waals surface area contributed by atoms with Crippen LogP contribution in [0.2, 0.25) is 0 Å². The monoisotopic (exact) mass is 414 g/mol. The summed E-state index contributed by atoms with van der Waals surface area (Å²) >= 11 is 0. The molecule has 158 valence electrons. The number of amides is 2. The molecule has 1 aliphatic heterocycles. The van der Waals surface area contributed by atoms with Crippen molar-refractivity contribution in [1.29, 1.82) is 0 Å². The fourth-order valence-corrected chi connectivity index (χ4v) is 3.27. The minimum Gasteiger partial charge on any atom is -0.494 e. The highest BCUT2D eigenvalue weighted by atomic mass is 19.1. The lowest BCUT2D eigenvalue weighted by atomic mass is 9.99. The molecule has 1 aromatic heterocycles. The van der Waals surface area contributed by atoms with Gasteiger partial charge in [0.1, 0.15) is 5.71 Å². The first-order valence-electron chi connectivity index (χ1n) is 9.47. The van der Waals surface area contributed by atoms with E-state index in [1.807, 2.05) is 13.8 Å². The highest BCUT2D eigenvalue weighted by Crippen LogP contribution is 2.21. The van der Waals surface area contributed by atoms with Gasteiger partial charge in [-0.15, -0.1) is 0 Å². The van der Waals surface area contributed by atoms with Crippen molar-refractivity contribution < 1.29 is 23.6 Å². The number of methoxy groups -OCH3 is 1. The van der Waals surface area contributed by atoms with E-state index in [-0.39, 0.29) is 24.6 Å². The van der Waals surface area contributed by atoms with E-state index in [1.54, 1.807) is 12.1 Å². The average Bonchev–Trinajstić information content (AvgIpc) is 3.23. The first-order chi connectivity index (χ1) is 14.3. The van der Waals surface area contributed by atoms with Gasteiger partial charge in [0.15, 0.2) is 11.6 Å². The lowest BCUT2D eigenvalue weighted by Crippen LogP contribution is -2.29. The molecule has 2 heterocycles. The zero-order valence-electron chi connectivity index (χ0n) is 17.0. The van der Waals surface area contributed by atoms with E-state index >= 15 is 0 Å². The van der Waals surface area contributed by atoms with Crippen LogP contribution in [0.25, 0.3) is 0 Å². The molecule has 0 spiro atoms. The first-order valence-corrected chi connectivity index (χ1v) is 9.47. The van der Waals surface area contributed by atoms with E-state index in [0.29, 0.717) is 34.6 Å². The summed E-state index contributed by atoms with van der Waals surface area (Å²) in [5.74, 6) is -1.26. The molecule has 2 amide bonds. The van der Waals surface area contributed by atoms with Gasteiger partial charge < -0.3 is 20.6 Å². The van der Waals surface area contributed by atoms with Crippen LogP contribution >= 0.6 is 0 Å². The number of nitrogens with two attached hydrogens (primary N) is 1. The Kier molecular flexibility index (Phi) is 6.29. The Hall–Kier alpha value is -3.49. The summed E-state index contributed by atoms with van der Waals surface area (Å²) in [4.78, 5) is 33.8. The molecule has 0 fully saturated rings. The Morgan fingerprint density at radius 1 is 1.37 bits per heavy atom. The van der Waals surface area contributed by atoms with Gasteiger partial charge in [-0.05, 0) is 42.7 Å². The Morgan fingerprint density at radius 3 is 2.77 bits per heavy atom. The van der Waals surface area contributed by atoms with Crippen LogP contribution in [-0.2, 0) is 22.6 Å². The van der Waals surface area contributed by atoms with Crippen molar-refractivity contribution in [3.63, 3.8) is 0 Å². The molecule has 30 heavy (non-hydrogen) atoms. The number of carbonyl (C=O) groups is 2. The number of hydrogen-bond donors (Lipinski definition) is 2. The lowest BCUT2D eigenvalue weighted by Gasteiger charge is -2.14. The minimum atomic E-state index is -0.835. The highest BCUT2D eigenvalue weighted by molar-refractivity contribution is 6.05. The summed E-state index contributed by atoms with van der Waals surface area (Å²) in [5.41, 5.74) is 8.83. The van der Waals surface area contributed by atoms with Crippen molar-refractivity contribution in [3.8, 4) is 5.75 Å². The number of aromatic nitrogens is 1. The summed E-state index contributed by atoms with van der Waals surface area (Å²) in [6.45, 7) is 3.94. The summed E-state index contributed by atoms with van der Waals surface area (Å²) in [5, 5.41) is 6.74. The van der Waals surface area contributed by atoms with E-state index in [9.17, 15) is 14.0 Å². The Bertz CT molecular complexity index is 1020. The Morgan fingerprint density at radius 2 is 2.13 bits per heavy atom. The maximum atomic E-state index is 13.6. The number of nitrogens with one attached hydrogen (secondary N) is 1. The zero-order chi connectivity index (χ0) is 21.8. The molecular weight excluding hydrogens is 391 g/mol. The first kappa shape index (κ1) is 21.2. The highest BCUT2D eigenvalue weighted by Gasteiger charge is 2.28. The maximum absolute atomic E-state index is 13.6. The number of pyridine rings is 1. The van der Waals surface area contributed by atoms with Gasteiger partial charge >= 0.3 is 0 Å². The predicted molar refractivity (Wildman–Crippen MR) is 108 cm³/mol. The quantitative estimate of drug-likeness (QED) is 0.719. The molecular formula is C21H23FN4O4. The van der Waals surface area contributed by atoms with Gasteiger partial charge in [0.05, 0.1) is 12.8 Å². The van der Waals surface area contributed by atoms with Crippen LogP contribution in [-0.4, -0.2) is 35.7 Å². The van der Waals surface area contributed by atoms with Gasteiger partial charge in [-0.25, -0.2) is 4.39 Å². The number of halogens is 1. The van der Waals surface area contributed by atoms with E-state index in [1.165, 1.54) is 19.2 Å². The fraction of sp³-hybridized carbons (Fsp3) is 0.333. The number of hydrogen-bond acceptors (Lipinski definition) is 6. The van der Waals surface area contributed by atoms with Crippen molar-refractivity contribution in [1.82, 2.24) is 10.3 Å². The number of benzene rings is 1. The van der Waals surface area contributed by atoms with E-state index < -0.39 is 17.8 Å². The second-order valence-electron chi connectivity index (χ2n) is 6.86. The molecule has 0 aliphatic carbocycles. The molecule has 2 aromatic rings. The van der Waals surface area contributed by atoms with Gasteiger partial charge in [-0.2, -0.15) is 0 Å². The number of nitrogens with zero attached hydrogens (tertiary/aromatic N) is 2. The number of aryl methyl sites for hydroxylation is 1. The third-order valence-electron chi connectivity index (χ3n) is 4.88. The number of primary amides is 1. The molecule has 0 saturated carbocycles. The topological polar surface area (TPSA) is 116 Å². The molecule has 0 radical (unpaired) electrons. The molecule has 0 bridgehead atoms. The second kappa shape index (κ2) is 8.89. The summed E-state index contributed by atoms with van der Waals surface area (Å²) in [7, 11) is 1.38. The minimum absolute atomic E-state index is 0.112. The van der Waals surface area contributed by atoms with Crippen molar-refractivity contribution in [2.24, 2.45) is 10.9 Å². The third kappa shape index (κ3) is 4.40. The summed E-state index contributed by atoms with van der Waals surface area (Å²) < 4.78 is 18.6. The predicted octanol–water partition coefficient (Wildman–Crippen LogP) is 2.01. The molecule has 3 N–H and O–H groups in total. The Balaban J connectivity index is 1.82. The van der Waals surface area contributed by atoms with E-state index in [0.717, 1.165) is 5.56 Å². The largest absolute Gasteiger partial charge is 0.494 e. The molecule has 1 atom stereocenters. The Labute approximate surface area is 173 Å². The van der Waals surface area contributed by atoms with Crippen LogP contribution in [0.15, 0.2) is 29.4 Å². The molecule has 1 aliphatic rings. The molecule has 3 rings (SSSR count). The standard InChI is InChI=1S/C21H23FN4O4/c1-4-13-11(2)25-16(17-9-19(20(23)27)30-26-17)8-14(13)21(28)24-10-12-5-6-15(22)18(7-12)29-3/h5-8,19H,4,9-10H2,1-3H3,(H2,23,27)(H,24,28). The van der Waals surface area contributed by atoms with Gasteiger partial charge in [-0.3, -0.25) is 14.6 Å². The van der Waals surface area contributed by atoms with Crippen LogP contribution in [0.4, 0.5) is 4.39 Å². The summed E-state index contributed by atoms with van der Waals surface area (Å²) in [6, 6.07) is 6.04. The zero-order valence-corrected chi connectivity index (χ0v) is 17.0. The average molecular weight is 414 g/mol. The molecule has 8 nitrogen and oxygen atoms in total. The maximum Gasteiger partial charge on any atom is 0.261 e. The number of ether oxygens (including phenoxy) is 1. The van der Waals surface area contributed by atoms with Gasteiger partial charge in [0, 0.05) is 24.2 Å². The molecule has 1 aromatic carbocycles. The van der Waals surface area contributed by atoms with Crippen molar-refractivity contribution in [2.45, 2.75) is 39.3 Å². The normalized spacial score (nSPS) is 15.3. The molecule has 0 saturated heterocycles. The van der Waals surface area contributed by atoms with Crippen molar-refractivity contribution >= 4 is 17.5 Å². The smallest absolute Gasteiger partial charge is 0.261 e. The van der Waals surface area contributed by atoms with Crippen LogP contribution < -0.4 is 15.8 Å². The van der Waals surface area contributed by atoms with E-state index in [4.69, 9.17) is 15.3 Å². The lowest BCUT2D eigenvalue weighted by molar-refractivity contribution is -0.127. The summed E-state index contributed by atoms with van der Waals surface area (Å²) in [6.07, 6.45) is -0.0262. The number of carbonyl (C=O) groups excluding carboxylic acids is 2. The third-order valence-corrected chi connectivity index (χ3v) is 4.88. The SMILES string of the molecule is CCc1c(C(=O)NCc2ccc(F)c(OC)c2)cc(C2=NOC(C(N)=O)C2)nc1C. The van der Waals surface area contributed by atoms with Crippen molar-refractivity contribution in [3.05, 3.63) is 58.2 Å². The molecule has 1 unspecified atom stereocenters. The van der Waals surface area contributed by atoms with Crippen molar-refractivity contribution in [2.75, 3.05) is 7.11 Å². The van der Waals surface area contributed by atoms with Gasteiger partial charge in [0.2, 0.25) is 6.10 Å². The fourth-order valence-electron chi connectivity index (χ4n) is 3.27. The molecule has 9 heteroatoms.